The Kier molecular flexibility index (Phi) is 6.88. The van der Waals surface area contributed by atoms with Gasteiger partial charge in [0.25, 0.3) is 0 Å². The zero-order valence-corrected chi connectivity index (χ0v) is 13.8. The third-order valence-corrected chi connectivity index (χ3v) is 3.88. The van der Waals surface area contributed by atoms with Gasteiger partial charge >= 0.3 is 0 Å². The van der Waals surface area contributed by atoms with Crippen LogP contribution in [0.2, 0.25) is 0 Å². The second-order valence-corrected chi connectivity index (χ2v) is 5.64. The Morgan fingerprint density at radius 3 is 2.45 bits per heavy atom. The van der Waals surface area contributed by atoms with Crippen LogP contribution in [0.1, 0.15) is 51.1 Å². The number of pyridine rings is 1. The highest BCUT2D eigenvalue weighted by Gasteiger charge is 2.22. The Morgan fingerprint density at radius 1 is 1.05 bits per heavy atom. The van der Waals surface area contributed by atoms with E-state index >= 15 is 0 Å². The summed E-state index contributed by atoms with van der Waals surface area (Å²) in [6.07, 6.45) is 14.9. The Bertz CT molecular complexity index is 509. The van der Waals surface area contributed by atoms with Crippen LogP contribution in [0.25, 0.3) is 0 Å². The van der Waals surface area contributed by atoms with Crippen molar-refractivity contribution in [1.82, 2.24) is 9.88 Å². The SMILES string of the molecule is CCCCN(CCCC)C1=NC=CC=CC1c1ccccn1. The molecule has 0 N–H and O–H groups in total. The topological polar surface area (TPSA) is 28.5 Å². The molecule has 0 saturated heterocycles. The molecule has 3 heteroatoms. The fourth-order valence-electron chi connectivity index (χ4n) is 2.62. The van der Waals surface area contributed by atoms with Crippen LogP contribution in [-0.2, 0) is 0 Å². The molecule has 2 rings (SSSR count). The lowest BCUT2D eigenvalue weighted by Crippen LogP contribution is -2.36. The van der Waals surface area contributed by atoms with Gasteiger partial charge in [-0.25, -0.2) is 4.99 Å². The van der Waals surface area contributed by atoms with Crippen molar-refractivity contribution in [3.8, 4) is 0 Å². The van der Waals surface area contributed by atoms with Crippen LogP contribution in [0.15, 0.2) is 53.8 Å². The summed E-state index contributed by atoms with van der Waals surface area (Å²) in [6, 6.07) is 6.10. The van der Waals surface area contributed by atoms with Crippen LogP contribution < -0.4 is 0 Å². The maximum absolute atomic E-state index is 4.75. The number of amidine groups is 1. The molecule has 0 amide bonds. The highest BCUT2D eigenvalue weighted by Crippen LogP contribution is 2.22. The predicted octanol–water partition coefficient (Wildman–Crippen LogP) is 4.55. The Labute approximate surface area is 134 Å². The van der Waals surface area contributed by atoms with E-state index < -0.39 is 0 Å². The summed E-state index contributed by atoms with van der Waals surface area (Å²) in [7, 11) is 0. The van der Waals surface area contributed by atoms with Gasteiger partial charge in [-0.2, -0.15) is 0 Å². The van der Waals surface area contributed by atoms with E-state index in [1.807, 2.05) is 24.5 Å². The van der Waals surface area contributed by atoms with Crippen molar-refractivity contribution in [2.24, 2.45) is 4.99 Å². The number of allylic oxidation sites excluding steroid dienone is 2. The molecule has 1 aromatic rings. The molecule has 2 heterocycles. The molecular formula is C19H27N3. The van der Waals surface area contributed by atoms with Gasteiger partial charge in [0.2, 0.25) is 0 Å². The third kappa shape index (κ3) is 4.55. The zero-order chi connectivity index (χ0) is 15.6. The van der Waals surface area contributed by atoms with Gasteiger partial charge in [-0.3, -0.25) is 4.98 Å². The lowest BCUT2D eigenvalue weighted by atomic mass is 10.0. The Balaban J connectivity index is 2.26. The van der Waals surface area contributed by atoms with Crippen LogP contribution in [0, 0.1) is 0 Å². The molecule has 0 bridgehead atoms. The van der Waals surface area contributed by atoms with Gasteiger partial charge in [-0.1, -0.05) is 44.9 Å². The van der Waals surface area contributed by atoms with Crippen molar-refractivity contribution in [2.75, 3.05) is 13.1 Å². The summed E-state index contributed by atoms with van der Waals surface area (Å²) in [5.41, 5.74) is 1.07. The smallest absolute Gasteiger partial charge is 0.117 e. The van der Waals surface area contributed by atoms with E-state index in [0.717, 1.165) is 24.6 Å². The minimum atomic E-state index is 0.143. The van der Waals surface area contributed by atoms with Gasteiger partial charge in [0.1, 0.15) is 5.84 Å². The van der Waals surface area contributed by atoms with E-state index in [1.165, 1.54) is 25.7 Å². The fraction of sp³-hybridized carbons (Fsp3) is 0.474. The number of unbranched alkanes of at least 4 members (excludes halogenated alkanes) is 2. The van der Waals surface area contributed by atoms with Crippen molar-refractivity contribution >= 4 is 5.84 Å². The first-order chi connectivity index (χ1) is 10.9. The molecule has 0 radical (unpaired) electrons. The highest BCUT2D eigenvalue weighted by molar-refractivity contribution is 5.91. The standard InChI is InChI=1S/C19H27N3/c1-3-5-15-22(16-6-4-2)19-17(11-7-9-14-21-19)18-12-8-10-13-20-18/h7-14,17H,3-6,15-16H2,1-2H3. The molecule has 1 aliphatic heterocycles. The normalized spacial score (nSPS) is 17.2. The largest absolute Gasteiger partial charge is 0.359 e. The van der Waals surface area contributed by atoms with E-state index in [2.05, 4.69) is 48.0 Å². The van der Waals surface area contributed by atoms with Crippen molar-refractivity contribution in [3.63, 3.8) is 0 Å². The van der Waals surface area contributed by atoms with E-state index in [4.69, 9.17) is 4.99 Å². The first-order valence-corrected chi connectivity index (χ1v) is 8.43. The van der Waals surface area contributed by atoms with E-state index in [-0.39, 0.29) is 5.92 Å². The zero-order valence-electron chi connectivity index (χ0n) is 13.8. The number of aromatic nitrogens is 1. The Morgan fingerprint density at radius 2 is 1.82 bits per heavy atom. The van der Waals surface area contributed by atoms with Gasteiger partial charge in [0, 0.05) is 25.5 Å². The van der Waals surface area contributed by atoms with E-state index in [9.17, 15) is 0 Å². The summed E-state index contributed by atoms with van der Waals surface area (Å²) in [5.74, 6) is 1.27. The van der Waals surface area contributed by atoms with Crippen molar-refractivity contribution in [2.45, 2.75) is 45.4 Å². The minimum Gasteiger partial charge on any atom is -0.359 e. The average Bonchev–Trinajstić information content (AvgIpc) is 2.82. The van der Waals surface area contributed by atoms with Crippen molar-refractivity contribution in [3.05, 3.63) is 54.5 Å². The monoisotopic (exact) mass is 297 g/mol. The molecule has 0 saturated carbocycles. The molecule has 0 aromatic carbocycles. The summed E-state index contributed by atoms with van der Waals surface area (Å²) in [6.45, 7) is 6.62. The summed E-state index contributed by atoms with van der Waals surface area (Å²) >= 11 is 0. The van der Waals surface area contributed by atoms with Gasteiger partial charge < -0.3 is 4.90 Å². The quantitative estimate of drug-likeness (QED) is 0.738. The van der Waals surface area contributed by atoms with Gasteiger partial charge in [-0.15, -0.1) is 0 Å². The molecule has 1 aromatic heterocycles. The van der Waals surface area contributed by atoms with E-state index in [0.29, 0.717) is 0 Å². The maximum Gasteiger partial charge on any atom is 0.117 e. The molecule has 22 heavy (non-hydrogen) atoms. The van der Waals surface area contributed by atoms with Crippen molar-refractivity contribution < 1.29 is 0 Å². The molecule has 1 atom stereocenters. The molecule has 1 aliphatic rings. The average molecular weight is 297 g/mol. The number of aliphatic imine (C=N–C) groups is 1. The molecule has 118 valence electrons. The molecule has 0 spiro atoms. The first kappa shape index (κ1) is 16.5. The summed E-state index contributed by atoms with van der Waals surface area (Å²) < 4.78 is 0. The molecule has 0 aliphatic carbocycles. The lowest BCUT2D eigenvalue weighted by molar-refractivity contribution is 0.389. The molecular weight excluding hydrogens is 270 g/mol. The fourth-order valence-corrected chi connectivity index (χ4v) is 2.62. The van der Waals surface area contributed by atoms with Gasteiger partial charge in [-0.05, 0) is 31.1 Å². The molecule has 1 unspecified atom stereocenters. The second-order valence-electron chi connectivity index (χ2n) is 5.64. The number of rotatable bonds is 7. The van der Waals surface area contributed by atoms with Crippen LogP contribution in [0.3, 0.4) is 0 Å². The number of hydrogen-bond acceptors (Lipinski definition) is 3. The minimum absolute atomic E-state index is 0.143. The Hall–Kier alpha value is -1.90. The van der Waals surface area contributed by atoms with Crippen LogP contribution >= 0.6 is 0 Å². The maximum atomic E-state index is 4.75. The van der Waals surface area contributed by atoms with Gasteiger partial charge in [0.05, 0.1) is 11.6 Å². The van der Waals surface area contributed by atoms with Crippen LogP contribution in [-0.4, -0.2) is 28.8 Å². The van der Waals surface area contributed by atoms with E-state index in [1.54, 1.807) is 0 Å². The first-order valence-electron chi connectivity index (χ1n) is 8.43. The van der Waals surface area contributed by atoms with Crippen LogP contribution in [0.4, 0.5) is 0 Å². The second kappa shape index (κ2) is 9.19. The molecule has 3 nitrogen and oxygen atoms in total. The third-order valence-electron chi connectivity index (χ3n) is 3.88. The predicted molar refractivity (Wildman–Crippen MR) is 94.1 cm³/mol. The van der Waals surface area contributed by atoms with Gasteiger partial charge in [0.15, 0.2) is 0 Å². The number of nitrogens with zero attached hydrogens (tertiary/aromatic N) is 3. The lowest BCUT2D eigenvalue weighted by Gasteiger charge is -2.29. The summed E-state index contributed by atoms with van der Waals surface area (Å²) in [5, 5.41) is 0. The summed E-state index contributed by atoms with van der Waals surface area (Å²) in [4.78, 5) is 11.7. The van der Waals surface area contributed by atoms with Crippen molar-refractivity contribution in [1.29, 1.82) is 0 Å². The van der Waals surface area contributed by atoms with Crippen LogP contribution in [0.5, 0.6) is 0 Å². The number of hydrogen-bond donors (Lipinski definition) is 0. The highest BCUT2D eigenvalue weighted by atomic mass is 15.2. The molecule has 0 fully saturated rings.